The van der Waals surface area contributed by atoms with E-state index in [4.69, 9.17) is 18.9 Å². The Morgan fingerprint density at radius 1 is 1.02 bits per heavy atom. The first kappa shape index (κ1) is 35.5. The van der Waals surface area contributed by atoms with Gasteiger partial charge in [-0.3, -0.25) is 5.43 Å². The number of aryl methyl sites for hydroxylation is 1. The Balaban J connectivity index is 1.19. The quantitative estimate of drug-likeness (QED) is 0.0604. The van der Waals surface area contributed by atoms with E-state index in [1.165, 1.54) is 19.2 Å². The first-order chi connectivity index (χ1) is 24.1. The van der Waals surface area contributed by atoms with Crippen LogP contribution in [0.3, 0.4) is 0 Å². The highest BCUT2D eigenvalue weighted by Gasteiger charge is 2.32. The smallest absolute Gasteiger partial charge is 0.337 e. The number of methoxy groups -OCH3 is 1. The highest BCUT2D eigenvalue weighted by Crippen LogP contribution is 2.35. The van der Waals surface area contributed by atoms with Crippen molar-refractivity contribution in [1.82, 2.24) is 20.6 Å². The number of ether oxygens (including phenoxy) is 4. The van der Waals surface area contributed by atoms with Crippen molar-refractivity contribution in [3.8, 4) is 22.9 Å². The van der Waals surface area contributed by atoms with Gasteiger partial charge in [0.25, 0.3) is 0 Å². The lowest BCUT2D eigenvalue weighted by Gasteiger charge is -2.28. The van der Waals surface area contributed by atoms with Crippen molar-refractivity contribution in [2.75, 3.05) is 20.3 Å². The minimum atomic E-state index is -1.15. The summed E-state index contributed by atoms with van der Waals surface area (Å²) < 4.78 is 37.7. The van der Waals surface area contributed by atoms with Gasteiger partial charge in [0.05, 0.1) is 31.5 Å². The molecule has 1 aliphatic rings. The lowest BCUT2D eigenvalue weighted by atomic mass is 9.95. The average molecular weight is 686 g/mol. The first-order valence-corrected chi connectivity index (χ1v) is 16.0. The SMILES string of the molecule is CCOc1cc([C@@H]2NC(=O)NC(C)=C2C(=O)OC)ccc1OC[C@@H](O)N/N=C/c1cc(C)n(-c2ccc(OCc3ccc(F)cc3)cc2)c1C. The second kappa shape index (κ2) is 16.1. The molecule has 0 saturated carbocycles. The molecule has 13 heteroatoms. The number of esters is 1. The summed E-state index contributed by atoms with van der Waals surface area (Å²) in [6, 6.07) is 19.7. The molecule has 1 aromatic heterocycles. The molecule has 4 N–H and O–H groups in total. The van der Waals surface area contributed by atoms with Crippen LogP contribution in [0.2, 0.25) is 0 Å². The fourth-order valence-corrected chi connectivity index (χ4v) is 5.57. The molecule has 2 atom stereocenters. The number of allylic oxidation sites excluding steroid dienone is 1. The van der Waals surface area contributed by atoms with Gasteiger partial charge < -0.3 is 39.3 Å². The molecule has 1 aliphatic heterocycles. The third-order valence-corrected chi connectivity index (χ3v) is 7.98. The zero-order valence-corrected chi connectivity index (χ0v) is 28.5. The molecule has 0 unspecified atom stereocenters. The number of urea groups is 1. The van der Waals surface area contributed by atoms with Crippen LogP contribution in [0.4, 0.5) is 9.18 Å². The zero-order chi connectivity index (χ0) is 35.8. The van der Waals surface area contributed by atoms with Crippen LogP contribution in [0.15, 0.2) is 89.2 Å². The third-order valence-electron chi connectivity index (χ3n) is 7.98. The Hall–Kier alpha value is -5.82. The Bertz CT molecular complexity index is 1890. The lowest BCUT2D eigenvalue weighted by molar-refractivity contribution is -0.136. The molecule has 2 amide bonds. The number of benzene rings is 3. The van der Waals surface area contributed by atoms with Crippen molar-refractivity contribution in [3.05, 3.63) is 118 Å². The summed E-state index contributed by atoms with van der Waals surface area (Å²) in [7, 11) is 1.28. The van der Waals surface area contributed by atoms with E-state index < -0.39 is 24.3 Å². The molecule has 0 spiro atoms. The molecule has 0 aliphatic carbocycles. The van der Waals surface area contributed by atoms with E-state index in [9.17, 15) is 19.1 Å². The van der Waals surface area contributed by atoms with E-state index in [0.717, 1.165) is 28.2 Å². The minimum Gasteiger partial charge on any atom is -0.490 e. The molecule has 2 heterocycles. The number of halogens is 1. The number of hydrazone groups is 1. The number of rotatable bonds is 14. The normalized spacial score (nSPS) is 14.9. The van der Waals surface area contributed by atoms with Gasteiger partial charge in [0.15, 0.2) is 17.7 Å². The van der Waals surface area contributed by atoms with E-state index in [2.05, 4.69) is 25.7 Å². The van der Waals surface area contributed by atoms with Crippen LogP contribution in [0.1, 0.15) is 48.0 Å². The summed E-state index contributed by atoms with van der Waals surface area (Å²) >= 11 is 0. The maximum atomic E-state index is 13.2. The number of hydrogen-bond acceptors (Lipinski definition) is 9. The van der Waals surface area contributed by atoms with Gasteiger partial charge in [-0.15, -0.1) is 0 Å². The van der Waals surface area contributed by atoms with Crippen LogP contribution in [-0.4, -0.2) is 54.4 Å². The van der Waals surface area contributed by atoms with Crippen LogP contribution in [0, 0.1) is 19.7 Å². The van der Waals surface area contributed by atoms with Crippen LogP contribution in [0.5, 0.6) is 17.2 Å². The minimum absolute atomic E-state index is 0.151. The van der Waals surface area contributed by atoms with Crippen molar-refractivity contribution in [2.45, 2.75) is 46.6 Å². The Morgan fingerprint density at radius 2 is 1.76 bits per heavy atom. The summed E-state index contributed by atoms with van der Waals surface area (Å²) in [6.45, 7) is 7.93. The van der Waals surface area contributed by atoms with Crippen molar-refractivity contribution < 1.29 is 38.0 Å². The van der Waals surface area contributed by atoms with Crippen LogP contribution < -0.4 is 30.3 Å². The second-order valence-corrected chi connectivity index (χ2v) is 11.5. The number of aliphatic hydroxyl groups is 1. The topological polar surface area (TPSA) is 145 Å². The van der Waals surface area contributed by atoms with Crippen molar-refractivity contribution in [2.24, 2.45) is 5.10 Å². The fraction of sp³-hybridized carbons (Fsp3) is 0.270. The number of amides is 2. The Kier molecular flexibility index (Phi) is 11.4. The molecule has 5 rings (SSSR count). The lowest BCUT2D eigenvalue weighted by Crippen LogP contribution is -2.45. The molecular formula is C37H40FN5O7. The summed E-state index contributed by atoms with van der Waals surface area (Å²) in [5.41, 5.74) is 8.55. The maximum Gasteiger partial charge on any atom is 0.337 e. The summed E-state index contributed by atoms with van der Waals surface area (Å²) in [6.07, 6.45) is 0.483. The summed E-state index contributed by atoms with van der Waals surface area (Å²) in [5, 5.41) is 20.1. The molecule has 0 saturated heterocycles. The van der Waals surface area contributed by atoms with Gasteiger partial charge in [-0.25, -0.2) is 14.0 Å². The highest BCUT2D eigenvalue weighted by atomic mass is 19.1. The van der Waals surface area contributed by atoms with Gasteiger partial charge in [-0.1, -0.05) is 18.2 Å². The molecule has 262 valence electrons. The van der Waals surface area contributed by atoms with Crippen LogP contribution in [0.25, 0.3) is 5.69 Å². The van der Waals surface area contributed by atoms with Crippen molar-refractivity contribution in [1.29, 1.82) is 0 Å². The highest BCUT2D eigenvalue weighted by molar-refractivity contribution is 5.95. The van der Waals surface area contributed by atoms with E-state index in [1.807, 2.05) is 51.1 Å². The average Bonchev–Trinajstić information content (AvgIpc) is 3.38. The van der Waals surface area contributed by atoms with E-state index in [-0.39, 0.29) is 18.0 Å². The zero-order valence-electron chi connectivity index (χ0n) is 28.5. The van der Waals surface area contributed by atoms with E-state index in [0.29, 0.717) is 41.7 Å². The maximum absolute atomic E-state index is 13.2. The Labute approximate surface area is 289 Å². The number of aliphatic hydroxyl groups excluding tert-OH is 1. The van der Waals surface area contributed by atoms with Gasteiger partial charge in [0.1, 0.15) is 24.8 Å². The van der Waals surface area contributed by atoms with Gasteiger partial charge in [-0.05, 0) is 93.4 Å². The predicted molar refractivity (Wildman–Crippen MR) is 185 cm³/mol. The molecule has 3 aromatic carbocycles. The van der Waals surface area contributed by atoms with Crippen molar-refractivity contribution >= 4 is 18.2 Å². The summed E-state index contributed by atoms with van der Waals surface area (Å²) in [5.74, 6) is 0.568. The predicted octanol–water partition coefficient (Wildman–Crippen LogP) is 5.33. The molecule has 50 heavy (non-hydrogen) atoms. The van der Waals surface area contributed by atoms with Gasteiger partial charge in [-0.2, -0.15) is 5.10 Å². The summed E-state index contributed by atoms with van der Waals surface area (Å²) in [4.78, 5) is 24.7. The fourth-order valence-electron chi connectivity index (χ4n) is 5.57. The molecular weight excluding hydrogens is 645 g/mol. The molecule has 0 fully saturated rings. The van der Waals surface area contributed by atoms with Gasteiger partial charge >= 0.3 is 12.0 Å². The third kappa shape index (κ3) is 8.42. The molecule has 4 aromatic rings. The van der Waals surface area contributed by atoms with E-state index >= 15 is 0 Å². The molecule has 0 bridgehead atoms. The van der Waals surface area contributed by atoms with Gasteiger partial charge in [0, 0.05) is 28.3 Å². The first-order valence-electron chi connectivity index (χ1n) is 16.0. The van der Waals surface area contributed by atoms with Gasteiger partial charge in [0.2, 0.25) is 0 Å². The van der Waals surface area contributed by atoms with Crippen LogP contribution in [-0.2, 0) is 16.1 Å². The molecule has 12 nitrogen and oxygen atoms in total. The number of aromatic nitrogens is 1. The number of hydrogen-bond donors (Lipinski definition) is 4. The van der Waals surface area contributed by atoms with E-state index in [1.54, 1.807) is 43.5 Å². The molecule has 0 radical (unpaired) electrons. The number of nitrogens with one attached hydrogen (secondary N) is 3. The van der Waals surface area contributed by atoms with Crippen LogP contribution >= 0.6 is 0 Å². The number of nitrogens with zero attached hydrogens (tertiary/aromatic N) is 2. The largest absolute Gasteiger partial charge is 0.490 e. The Morgan fingerprint density at radius 3 is 2.46 bits per heavy atom. The number of carbonyl (C=O) groups excluding carboxylic acids is 2. The monoisotopic (exact) mass is 685 g/mol. The number of carbonyl (C=O) groups is 2. The van der Waals surface area contributed by atoms with Crippen molar-refractivity contribution in [3.63, 3.8) is 0 Å². The second-order valence-electron chi connectivity index (χ2n) is 11.5. The standard InChI is InChI=1S/C37H40FN5O7/c1-6-48-32-18-26(35-34(36(45)47-5)23(3)40-37(46)41-35)9-16-31(32)50-21-33(44)42-39-19-27-17-22(2)43(24(27)4)29-12-14-30(15-13-29)49-20-25-7-10-28(38)11-8-25/h7-19,33,35,42,44H,6,20-21H2,1-5H3,(H2,40,41,46)/b39-19+/t33-,35+/m1/s1.